The topological polar surface area (TPSA) is 52.6 Å². The molecule has 0 aromatic carbocycles. The Balaban J connectivity index is 2.20. The van der Waals surface area contributed by atoms with Crippen molar-refractivity contribution in [3.63, 3.8) is 0 Å². The second-order valence-electron chi connectivity index (χ2n) is 3.64. The molecule has 1 fully saturated rings. The van der Waals surface area contributed by atoms with E-state index in [-0.39, 0.29) is 12.5 Å². The molecule has 0 bridgehead atoms. The highest BCUT2D eigenvalue weighted by Crippen LogP contribution is 2.23. The average Bonchev–Trinajstić information content (AvgIpc) is 2.13. The zero-order valence-electron chi connectivity index (χ0n) is 8.42. The Morgan fingerprint density at radius 2 is 2.36 bits per heavy atom. The van der Waals surface area contributed by atoms with Crippen molar-refractivity contribution in [3.05, 3.63) is 0 Å². The van der Waals surface area contributed by atoms with Crippen molar-refractivity contribution < 1.29 is 9.90 Å². The molecule has 1 rings (SSSR count). The summed E-state index contributed by atoms with van der Waals surface area (Å²) in [6.07, 6.45) is 5.71. The Morgan fingerprint density at radius 3 is 2.86 bits per heavy atom. The van der Waals surface area contributed by atoms with Gasteiger partial charge >= 0.3 is 0 Å². The lowest BCUT2D eigenvalue weighted by Crippen LogP contribution is -2.64. The molecule has 0 aromatic rings. The molecule has 1 amide bonds. The number of carbonyl (C=O) groups is 1. The van der Waals surface area contributed by atoms with Crippen LogP contribution in [0.1, 0.15) is 13.3 Å². The third-order valence-electron chi connectivity index (χ3n) is 2.48. The van der Waals surface area contributed by atoms with Gasteiger partial charge in [0, 0.05) is 0 Å². The van der Waals surface area contributed by atoms with E-state index >= 15 is 0 Å². The number of β-amino-alcohol motifs (C(OH)–C–C–N with tert-alkyl or cyclic N) is 1. The van der Waals surface area contributed by atoms with E-state index in [0.717, 1.165) is 0 Å². The highest BCUT2D eigenvalue weighted by molar-refractivity contribution is 5.79. The highest BCUT2D eigenvalue weighted by Gasteiger charge is 2.41. The fourth-order valence-corrected chi connectivity index (χ4v) is 1.42. The predicted octanol–water partition coefficient (Wildman–Crippen LogP) is -0.807. The lowest BCUT2D eigenvalue weighted by atomic mass is 9.91. The molecule has 0 unspecified atom stereocenters. The van der Waals surface area contributed by atoms with Gasteiger partial charge in [-0.1, -0.05) is 12.8 Å². The number of hydrogen-bond donors (Lipinski definition) is 2. The first kappa shape index (κ1) is 11.0. The third kappa shape index (κ3) is 2.47. The lowest BCUT2D eigenvalue weighted by molar-refractivity contribution is -0.154. The van der Waals surface area contributed by atoms with Crippen molar-refractivity contribution >= 4 is 5.91 Å². The van der Waals surface area contributed by atoms with Crippen LogP contribution in [0.2, 0.25) is 0 Å². The molecule has 1 saturated heterocycles. The summed E-state index contributed by atoms with van der Waals surface area (Å²) in [6, 6.07) is 0. The largest absolute Gasteiger partial charge is 0.386 e. The van der Waals surface area contributed by atoms with Crippen LogP contribution in [0.5, 0.6) is 0 Å². The molecule has 0 aromatic heterocycles. The molecule has 0 aliphatic carbocycles. The summed E-state index contributed by atoms with van der Waals surface area (Å²) in [7, 11) is 0. The van der Waals surface area contributed by atoms with Crippen molar-refractivity contribution in [2.75, 3.05) is 26.2 Å². The Hall–Kier alpha value is -1.05. The molecule has 0 saturated carbocycles. The molecule has 4 heteroatoms. The average molecular weight is 196 g/mol. The van der Waals surface area contributed by atoms with Gasteiger partial charge in [-0.15, -0.1) is 6.42 Å². The van der Waals surface area contributed by atoms with Crippen LogP contribution >= 0.6 is 0 Å². The maximum absolute atomic E-state index is 11.4. The van der Waals surface area contributed by atoms with E-state index < -0.39 is 5.60 Å². The fourth-order valence-electron chi connectivity index (χ4n) is 1.42. The summed E-state index contributed by atoms with van der Waals surface area (Å²) in [5.41, 5.74) is -0.651. The Bertz CT molecular complexity index is 251. The van der Waals surface area contributed by atoms with Gasteiger partial charge in [0.2, 0.25) is 5.91 Å². The van der Waals surface area contributed by atoms with Crippen LogP contribution in [0.25, 0.3) is 0 Å². The molecule has 0 atom stereocenters. The molecule has 4 nitrogen and oxygen atoms in total. The van der Waals surface area contributed by atoms with Crippen molar-refractivity contribution in [2.45, 2.75) is 18.9 Å². The maximum Gasteiger partial charge on any atom is 0.236 e. The first-order chi connectivity index (χ1) is 6.61. The Kier molecular flexibility index (Phi) is 3.50. The molecule has 1 aliphatic rings. The van der Waals surface area contributed by atoms with Gasteiger partial charge in [-0.05, 0) is 6.42 Å². The van der Waals surface area contributed by atoms with Gasteiger partial charge < -0.3 is 10.0 Å². The molecule has 14 heavy (non-hydrogen) atoms. The third-order valence-corrected chi connectivity index (χ3v) is 2.48. The quantitative estimate of drug-likeness (QED) is 0.457. The molecular formula is C10H16N2O2. The van der Waals surface area contributed by atoms with Crippen LogP contribution in [0.4, 0.5) is 0 Å². The number of nitrogens with one attached hydrogen (secondary N) is 1. The van der Waals surface area contributed by atoms with Gasteiger partial charge in [0.25, 0.3) is 0 Å². The summed E-state index contributed by atoms with van der Waals surface area (Å²) in [5, 5.41) is 12.5. The van der Waals surface area contributed by atoms with E-state index in [1.165, 1.54) is 0 Å². The highest BCUT2D eigenvalue weighted by atomic mass is 16.3. The molecule has 78 valence electrons. The summed E-state index contributed by atoms with van der Waals surface area (Å²) in [5.74, 6) is 2.39. The van der Waals surface area contributed by atoms with E-state index in [2.05, 4.69) is 11.2 Å². The van der Waals surface area contributed by atoms with Gasteiger partial charge in [0.05, 0.1) is 31.8 Å². The van der Waals surface area contributed by atoms with Crippen LogP contribution in [0.15, 0.2) is 0 Å². The summed E-state index contributed by atoms with van der Waals surface area (Å²) >= 11 is 0. The minimum atomic E-state index is -0.651. The smallest absolute Gasteiger partial charge is 0.236 e. The van der Waals surface area contributed by atoms with E-state index in [1.807, 2.05) is 6.92 Å². The van der Waals surface area contributed by atoms with Crippen molar-refractivity contribution in [3.8, 4) is 12.3 Å². The molecular weight excluding hydrogens is 180 g/mol. The minimum Gasteiger partial charge on any atom is -0.386 e. The predicted molar refractivity (Wildman–Crippen MR) is 53.5 cm³/mol. The molecule has 2 N–H and O–H groups in total. The molecule has 1 heterocycles. The first-order valence-electron chi connectivity index (χ1n) is 4.75. The maximum atomic E-state index is 11.4. The van der Waals surface area contributed by atoms with Crippen LogP contribution in [0, 0.1) is 12.3 Å². The van der Waals surface area contributed by atoms with Gasteiger partial charge in [-0.2, -0.15) is 0 Å². The molecule has 1 aliphatic heterocycles. The van der Waals surface area contributed by atoms with E-state index in [0.29, 0.717) is 26.1 Å². The van der Waals surface area contributed by atoms with E-state index in [1.54, 1.807) is 4.90 Å². The number of rotatable bonds is 4. The standard InChI is InChI=1S/C10H16N2O2/c1-3-5-11-6-9(13)12-7-10(14,4-2)8-12/h1,11,14H,4-8H2,2H3. The Labute approximate surface area is 84.3 Å². The van der Waals surface area contributed by atoms with E-state index in [9.17, 15) is 9.90 Å². The Morgan fingerprint density at radius 1 is 1.71 bits per heavy atom. The van der Waals surface area contributed by atoms with Crippen LogP contribution in [0.3, 0.4) is 0 Å². The van der Waals surface area contributed by atoms with Crippen molar-refractivity contribution in [1.29, 1.82) is 0 Å². The lowest BCUT2D eigenvalue weighted by Gasteiger charge is -2.46. The summed E-state index contributed by atoms with van der Waals surface area (Å²) in [4.78, 5) is 13.0. The number of carbonyl (C=O) groups excluding carboxylic acids is 1. The number of aliphatic hydroxyl groups is 1. The molecule has 0 spiro atoms. The number of terminal acetylenes is 1. The summed E-state index contributed by atoms with van der Waals surface area (Å²) in [6.45, 7) is 3.46. The van der Waals surface area contributed by atoms with Gasteiger partial charge in [-0.25, -0.2) is 0 Å². The van der Waals surface area contributed by atoms with Crippen LogP contribution in [-0.4, -0.2) is 47.7 Å². The van der Waals surface area contributed by atoms with Crippen molar-refractivity contribution in [2.24, 2.45) is 0 Å². The van der Waals surface area contributed by atoms with E-state index in [4.69, 9.17) is 6.42 Å². The van der Waals surface area contributed by atoms with Gasteiger partial charge in [0.1, 0.15) is 0 Å². The first-order valence-corrected chi connectivity index (χ1v) is 4.75. The summed E-state index contributed by atoms with van der Waals surface area (Å²) < 4.78 is 0. The zero-order valence-corrected chi connectivity index (χ0v) is 8.42. The number of amides is 1. The van der Waals surface area contributed by atoms with Crippen molar-refractivity contribution in [1.82, 2.24) is 10.2 Å². The number of hydrogen-bond acceptors (Lipinski definition) is 3. The SMILES string of the molecule is C#CCNCC(=O)N1CC(O)(CC)C1. The number of likely N-dealkylation sites (tertiary alicyclic amines) is 1. The number of nitrogens with zero attached hydrogens (tertiary/aromatic N) is 1. The van der Waals surface area contributed by atoms with Crippen LogP contribution < -0.4 is 5.32 Å². The second kappa shape index (κ2) is 4.45. The van der Waals surface area contributed by atoms with Gasteiger partial charge in [-0.3, -0.25) is 10.1 Å². The zero-order chi connectivity index (χ0) is 10.6. The second-order valence-corrected chi connectivity index (χ2v) is 3.64. The minimum absolute atomic E-state index is 0.00150. The van der Waals surface area contributed by atoms with Gasteiger partial charge in [0.15, 0.2) is 0 Å². The monoisotopic (exact) mass is 196 g/mol. The normalized spacial score (nSPS) is 18.5. The molecule has 0 radical (unpaired) electrons. The van der Waals surface area contributed by atoms with Crippen LogP contribution in [-0.2, 0) is 4.79 Å². The fraction of sp³-hybridized carbons (Fsp3) is 0.700.